The number of para-hydroxylation sites is 5. The van der Waals surface area contributed by atoms with E-state index in [0.717, 1.165) is 10.1 Å². The highest BCUT2D eigenvalue weighted by atomic mass is 15.2. The van der Waals surface area contributed by atoms with Crippen molar-refractivity contribution < 1.29 is 23.3 Å². The Morgan fingerprint density at radius 3 is 1.77 bits per heavy atom. The largest absolute Gasteiger partial charge is 0.292 e. The molecule has 244 valence electrons. The van der Waals surface area contributed by atoms with E-state index in [0.29, 0.717) is 22.5 Å². The summed E-state index contributed by atoms with van der Waals surface area (Å²) in [5.41, 5.74) is 0.157. The van der Waals surface area contributed by atoms with E-state index in [-0.39, 0.29) is 33.2 Å². The lowest BCUT2D eigenvalue weighted by Crippen LogP contribution is -2.08. The molecule has 0 unspecified atom stereocenters. The van der Waals surface area contributed by atoms with Gasteiger partial charge in [0.2, 0.25) is 5.95 Å². The second-order valence-corrected chi connectivity index (χ2v) is 11.5. The van der Waals surface area contributed by atoms with Gasteiger partial charge in [0.25, 0.3) is 0 Å². The third-order valence-corrected chi connectivity index (χ3v) is 8.50. The van der Waals surface area contributed by atoms with Crippen molar-refractivity contribution in [2.75, 3.05) is 0 Å². The minimum atomic E-state index is -0.819. The van der Waals surface area contributed by atoms with Crippen LogP contribution in [0.4, 0.5) is 0 Å². The molecule has 0 saturated heterocycles. The molecule has 10 aromatic rings. The van der Waals surface area contributed by atoms with E-state index < -0.39 is 131 Å². The molecule has 0 aliphatic rings. The van der Waals surface area contributed by atoms with E-state index >= 15 is 0 Å². The summed E-state index contributed by atoms with van der Waals surface area (Å²) in [6.07, 6.45) is 0. The Kier molecular flexibility index (Phi) is 4.06. The standard InChI is InChI=1S/C46H30N6/c1-3-17-31(18-4-1)33-21-7-8-24-36(33)43-48-44(50-46(49-43)52-39-27-13-9-22-34(39)35-23-10-14-28-40(35)52)37-25-11-15-29-41(37)51-42-30-16-12-26-38(42)47-45(51)32-19-5-2-6-20-32/h1-30H/i1D,3D,4D,7D,8D,9D,10D,13D,14D,17D,18D,21D,22D,23D,24D,27D,28D. The molecular formula is C46H30N6. The Hall–Kier alpha value is -7.18. The van der Waals surface area contributed by atoms with Crippen LogP contribution >= 0.6 is 0 Å². The normalized spacial score (nSPS) is 16.0. The fourth-order valence-corrected chi connectivity index (χ4v) is 6.27. The Labute approximate surface area is 323 Å². The fourth-order valence-electron chi connectivity index (χ4n) is 6.27. The maximum atomic E-state index is 9.37. The van der Waals surface area contributed by atoms with Gasteiger partial charge in [-0.05, 0) is 47.5 Å². The first kappa shape index (κ1) is 17.2. The van der Waals surface area contributed by atoms with Gasteiger partial charge in [0, 0.05) is 27.5 Å². The number of imidazole rings is 1. The molecule has 0 aliphatic carbocycles. The van der Waals surface area contributed by atoms with Gasteiger partial charge in [-0.1, -0.05) is 145 Å². The van der Waals surface area contributed by atoms with E-state index in [1.54, 1.807) is 24.3 Å². The second kappa shape index (κ2) is 12.3. The lowest BCUT2D eigenvalue weighted by molar-refractivity contribution is 0.951. The van der Waals surface area contributed by atoms with E-state index in [1.807, 2.05) is 59.2 Å². The van der Waals surface area contributed by atoms with E-state index in [1.165, 1.54) is 0 Å². The average molecular weight is 684 g/mol. The Morgan fingerprint density at radius 2 is 1.00 bits per heavy atom. The molecule has 3 aromatic heterocycles. The summed E-state index contributed by atoms with van der Waals surface area (Å²) in [6.45, 7) is 0. The molecule has 10 rings (SSSR count). The molecule has 6 heteroatoms. The number of fused-ring (bicyclic) bond motifs is 4. The molecule has 0 radical (unpaired) electrons. The highest BCUT2D eigenvalue weighted by Gasteiger charge is 2.22. The number of hydrogen-bond acceptors (Lipinski definition) is 4. The molecule has 0 amide bonds. The molecular weight excluding hydrogens is 637 g/mol. The first-order valence-electron chi connectivity index (χ1n) is 24.4. The molecule has 0 saturated carbocycles. The number of rotatable bonds is 6. The Balaban J connectivity index is 1.42. The van der Waals surface area contributed by atoms with Gasteiger partial charge in [-0.2, -0.15) is 9.97 Å². The molecule has 6 nitrogen and oxygen atoms in total. The van der Waals surface area contributed by atoms with Gasteiger partial charge in [0.1, 0.15) is 5.82 Å². The lowest BCUT2D eigenvalue weighted by Gasteiger charge is -2.16. The van der Waals surface area contributed by atoms with Gasteiger partial charge in [0.05, 0.1) is 51.1 Å². The molecule has 0 fully saturated rings. The van der Waals surface area contributed by atoms with Crippen molar-refractivity contribution in [1.29, 1.82) is 0 Å². The summed E-state index contributed by atoms with van der Waals surface area (Å²) in [6, 6.07) is 10.7. The predicted molar refractivity (Wildman–Crippen MR) is 211 cm³/mol. The highest BCUT2D eigenvalue weighted by Crippen LogP contribution is 2.37. The number of aromatic nitrogens is 6. The lowest BCUT2D eigenvalue weighted by atomic mass is 9.99. The van der Waals surface area contributed by atoms with Gasteiger partial charge in [-0.25, -0.2) is 9.97 Å². The van der Waals surface area contributed by atoms with Crippen LogP contribution in [-0.4, -0.2) is 29.1 Å². The predicted octanol–water partition coefficient (Wildman–Crippen LogP) is 11.0. The third kappa shape index (κ3) is 4.88. The molecule has 52 heavy (non-hydrogen) atoms. The molecule has 7 aromatic carbocycles. The average Bonchev–Trinajstić information content (AvgIpc) is 3.94. The van der Waals surface area contributed by atoms with Gasteiger partial charge >= 0.3 is 0 Å². The van der Waals surface area contributed by atoms with Gasteiger partial charge in [0.15, 0.2) is 11.6 Å². The summed E-state index contributed by atoms with van der Waals surface area (Å²) in [5.74, 6) is -0.862. The van der Waals surface area contributed by atoms with Crippen molar-refractivity contribution in [3.05, 3.63) is 182 Å². The Morgan fingerprint density at radius 1 is 0.404 bits per heavy atom. The summed E-state index contributed by atoms with van der Waals surface area (Å²) in [4.78, 5) is 19.4. The Bertz CT molecular complexity index is 3780. The van der Waals surface area contributed by atoms with Crippen LogP contribution in [0.25, 0.3) is 89.8 Å². The smallest absolute Gasteiger partial charge is 0.238 e. The second-order valence-electron chi connectivity index (χ2n) is 11.5. The van der Waals surface area contributed by atoms with Crippen LogP contribution in [-0.2, 0) is 0 Å². The molecule has 0 atom stereocenters. The molecule has 3 heterocycles. The van der Waals surface area contributed by atoms with Crippen molar-refractivity contribution in [1.82, 2.24) is 29.1 Å². The topological polar surface area (TPSA) is 61.4 Å². The van der Waals surface area contributed by atoms with Crippen LogP contribution in [0, 0.1) is 0 Å². The minimum Gasteiger partial charge on any atom is -0.292 e. The highest BCUT2D eigenvalue weighted by molar-refractivity contribution is 6.09. The zero-order chi connectivity index (χ0) is 49.2. The molecule has 0 aliphatic heterocycles. The SMILES string of the molecule is [2H]c1c([2H])c([2H])c(-c2c([2H])c([2H])c([2H])c([2H])c2-c2nc(-c3ccccc3-n3c(-c4ccccc4)nc4ccccc43)nc(-n3c4c([2H])c([2H])c([2H])c([2H])c4c4c([2H])c([2H])c([2H])c([2H])c43)n2)c([2H])c1[2H]. The number of benzene rings is 7. The van der Waals surface area contributed by atoms with E-state index in [9.17, 15) is 5.48 Å². The number of nitrogens with zero attached hydrogens (tertiary/aromatic N) is 6. The fraction of sp³-hybridized carbons (Fsp3) is 0. The van der Waals surface area contributed by atoms with Gasteiger partial charge < -0.3 is 0 Å². The first-order valence-corrected chi connectivity index (χ1v) is 15.9. The van der Waals surface area contributed by atoms with Gasteiger partial charge in [-0.15, -0.1) is 0 Å². The summed E-state index contributed by atoms with van der Waals surface area (Å²) in [5, 5.41) is -0.600. The zero-order valence-electron chi connectivity index (χ0n) is 43.7. The quantitative estimate of drug-likeness (QED) is 0.175. The maximum Gasteiger partial charge on any atom is 0.238 e. The molecule has 0 N–H and O–H groups in total. The first-order chi connectivity index (χ1) is 32.9. The van der Waals surface area contributed by atoms with Crippen LogP contribution in [0.2, 0.25) is 0 Å². The van der Waals surface area contributed by atoms with Crippen molar-refractivity contribution in [2.24, 2.45) is 0 Å². The van der Waals surface area contributed by atoms with Crippen molar-refractivity contribution in [3.63, 3.8) is 0 Å². The summed E-state index contributed by atoms with van der Waals surface area (Å²) >= 11 is 0. The van der Waals surface area contributed by atoms with Crippen LogP contribution in [0.3, 0.4) is 0 Å². The zero-order valence-corrected chi connectivity index (χ0v) is 26.7. The number of hydrogen-bond donors (Lipinski definition) is 0. The van der Waals surface area contributed by atoms with Crippen molar-refractivity contribution in [2.45, 2.75) is 0 Å². The summed E-state index contributed by atoms with van der Waals surface area (Å²) < 4.78 is 153. The van der Waals surface area contributed by atoms with E-state index in [4.69, 9.17) is 37.8 Å². The van der Waals surface area contributed by atoms with Crippen LogP contribution in [0.15, 0.2) is 182 Å². The monoisotopic (exact) mass is 683 g/mol. The van der Waals surface area contributed by atoms with Crippen LogP contribution in [0.1, 0.15) is 23.3 Å². The van der Waals surface area contributed by atoms with Crippen molar-refractivity contribution in [3.8, 4) is 56.9 Å². The minimum absolute atomic E-state index is 0.234. The third-order valence-electron chi connectivity index (χ3n) is 8.50. The molecule has 0 spiro atoms. The summed E-state index contributed by atoms with van der Waals surface area (Å²) in [7, 11) is 0. The van der Waals surface area contributed by atoms with Crippen molar-refractivity contribution >= 4 is 32.8 Å². The van der Waals surface area contributed by atoms with Gasteiger partial charge in [-0.3, -0.25) is 9.13 Å². The van der Waals surface area contributed by atoms with Crippen LogP contribution in [0.5, 0.6) is 0 Å². The van der Waals surface area contributed by atoms with Crippen LogP contribution < -0.4 is 0 Å². The van der Waals surface area contributed by atoms with E-state index in [2.05, 4.69) is 0 Å². The maximum absolute atomic E-state index is 9.37. The molecule has 0 bridgehead atoms.